The molecule has 2 heteroatoms. The largest absolute Gasteiger partial charge is 0.309 e. The molecule has 1 unspecified atom stereocenters. The van der Waals surface area contributed by atoms with Crippen molar-refractivity contribution < 1.29 is 0 Å². The van der Waals surface area contributed by atoms with Crippen LogP contribution in [0.25, 0.3) is 88.0 Å². The fourth-order valence-corrected chi connectivity index (χ4v) is 12.7. The van der Waals surface area contributed by atoms with Gasteiger partial charge in [-0.15, -0.1) is 11.8 Å². The van der Waals surface area contributed by atoms with Crippen molar-refractivity contribution in [3.63, 3.8) is 0 Å². The van der Waals surface area contributed by atoms with Crippen molar-refractivity contribution in [3.8, 4) is 39.1 Å². The van der Waals surface area contributed by atoms with E-state index in [1.807, 2.05) is 0 Å². The van der Waals surface area contributed by atoms with Crippen molar-refractivity contribution in [2.24, 2.45) is 0 Å². The molecule has 0 bridgehead atoms. The summed E-state index contributed by atoms with van der Waals surface area (Å²) >= 11 is 2.05. The van der Waals surface area contributed by atoms with Gasteiger partial charge in [0.25, 0.3) is 0 Å². The summed E-state index contributed by atoms with van der Waals surface area (Å²) in [4.78, 5) is 1.42. The SMILES string of the molecule is Cc1cc2c(cc1-c1ccc3c(ccc4ccccc43)c1)c1cc(-c3ccc(-c4ccccc4)cc3)ccc1n2-c1ccc2c(c1)C(C)(C)C1=C2[C@@H]2Sc3ccccc3C2C=C1. The van der Waals surface area contributed by atoms with Crippen LogP contribution in [0.15, 0.2) is 205 Å². The molecule has 0 N–H and O–H groups in total. The van der Waals surface area contributed by atoms with E-state index in [-0.39, 0.29) is 5.41 Å². The molecule has 0 fully saturated rings. The predicted octanol–water partition coefficient (Wildman–Crippen LogP) is 16.3. The van der Waals surface area contributed by atoms with E-state index in [0.29, 0.717) is 11.2 Å². The highest BCUT2D eigenvalue weighted by atomic mass is 32.2. The summed E-state index contributed by atoms with van der Waals surface area (Å²) in [6.45, 7) is 7.14. The van der Waals surface area contributed by atoms with Gasteiger partial charge in [0, 0.05) is 37.9 Å². The Hall–Kier alpha value is -6.87. The molecule has 10 aromatic rings. The van der Waals surface area contributed by atoms with Crippen LogP contribution in [0.2, 0.25) is 0 Å². The van der Waals surface area contributed by atoms with E-state index in [9.17, 15) is 0 Å². The highest BCUT2D eigenvalue weighted by Crippen LogP contribution is 2.60. The van der Waals surface area contributed by atoms with Crippen LogP contribution in [0.1, 0.15) is 42.0 Å². The van der Waals surface area contributed by atoms with Crippen molar-refractivity contribution in [2.75, 3.05) is 0 Å². The number of benzene rings is 9. The zero-order valence-electron chi connectivity index (χ0n) is 35.0. The Bertz CT molecular complexity index is 3580. The lowest BCUT2D eigenvalue weighted by Gasteiger charge is -2.28. The smallest absolute Gasteiger partial charge is 0.0544 e. The van der Waals surface area contributed by atoms with E-state index in [2.05, 4.69) is 231 Å². The maximum atomic E-state index is 2.53. The first-order valence-corrected chi connectivity index (χ1v) is 22.8. The fraction of sp³-hybridized carbons (Fsp3) is 0.100. The van der Waals surface area contributed by atoms with Crippen LogP contribution >= 0.6 is 11.8 Å². The number of aryl methyl sites for hydroxylation is 1. The number of aromatic nitrogens is 1. The van der Waals surface area contributed by atoms with Crippen molar-refractivity contribution in [3.05, 3.63) is 222 Å². The average Bonchev–Trinajstić information content (AvgIpc) is 3.93. The molecule has 0 saturated carbocycles. The van der Waals surface area contributed by atoms with Gasteiger partial charge in [-0.1, -0.05) is 159 Å². The van der Waals surface area contributed by atoms with Gasteiger partial charge in [0.2, 0.25) is 0 Å². The molecule has 1 aliphatic heterocycles. The molecule has 294 valence electrons. The lowest BCUT2D eigenvalue weighted by Crippen LogP contribution is -2.20. The first-order chi connectivity index (χ1) is 30.4. The normalized spacial score (nSPS) is 17.2. The van der Waals surface area contributed by atoms with Crippen molar-refractivity contribution in [1.29, 1.82) is 0 Å². The molecule has 1 nitrogen and oxygen atoms in total. The number of fused-ring (bicyclic) bond motifs is 12. The van der Waals surface area contributed by atoms with Crippen LogP contribution < -0.4 is 0 Å². The van der Waals surface area contributed by atoms with Gasteiger partial charge in [0.1, 0.15) is 0 Å². The third-order valence-corrected chi connectivity index (χ3v) is 15.7. The fourth-order valence-electron chi connectivity index (χ4n) is 11.1. The van der Waals surface area contributed by atoms with Crippen LogP contribution in [0.4, 0.5) is 0 Å². The molecule has 2 aliphatic carbocycles. The highest BCUT2D eigenvalue weighted by Gasteiger charge is 2.46. The van der Waals surface area contributed by atoms with E-state index >= 15 is 0 Å². The molecule has 1 aromatic heterocycles. The van der Waals surface area contributed by atoms with Gasteiger partial charge < -0.3 is 4.57 Å². The van der Waals surface area contributed by atoms with Gasteiger partial charge in [0.15, 0.2) is 0 Å². The summed E-state index contributed by atoms with van der Waals surface area (Å²) in [5.74, 6) is 0.413. The van der Waals surface area contributed by atoms with E-state index in [1.54, 1.807) is 0 Å². The number of nitrogens with zero attached hydrogens (tertiary/aromatic N) is 1. The van der Waals surface area contributed by atoms with Crippen LogP contribution in [0.3, 0.4) is 0 Å². The van der Waals surface area contributed by atoms with Crippen molar-refractivity contribution in [2.45, 2.75) is 42.2 Å². The zero-order valence-corrected chi connectivity index (χ0v) is 35.8. The Morgan fingerprint density at radius 2 is 1.19 bits per heavy atom. The van der Waals surface area contributed by atoms with Crippen molar-refractivity contribution in [1.82, 2.24) is 4.57 Å². The third-order valence-electron chi connectivity index (χ3n) is 14.3. The Balaban J connectivity index is 0.980. The molecule has 0 spiro atoms. The number of rotatable bonds is 4. The maximum Gasteiger partial charge on any atom is 0.0544 e. The molecular formula is C60H43NS. The van der Waals surface area contributed by atoms with Crippen molar-refractivity contribution >= 4 is 60.7 Å². The molecule has 0 saturated heterocycles. The van der Waals surface area contributed by atoms with Crippen LogP contribution in [0, 0.1) is 6.92 Å². The lowest BCUT2D eigenvalue weighted by molar-refractivity contribution is 0.649. The van der Waals surface area contributed by atoms with E-state index in [1.165, 1.54) is 121 Å². The second-order valence-corrected chi connectivity index (χ2v) is 19.2. The minimum Gasteiger partial charge on any atom is -0.309 e. The second kappa shape index (κ2) is 13.3. The number of hydrogen-bond donors (Lipinski definition) is 0. The standard InChI is InChI=1S/C60H43NS/c1-36-31-56-52(35-50(36)43-23-26-46-42(32-43)22-21-40-13-7-8-14-45(40)46)51-33-41(39-19-17-38(18-20-39)37-11-5-4-6-12-37)24-30-55(51)61(56)44-25-27-49-54(34-44)60(2,3)53-29-28-48-47-15-9-10-16-57(47)62-59(48)58(49)53/h4-35,48,59H,1-3H3/t48?,59-/m1/s1. The minimum absolute atomic E-state index is 0.111. The van der Waals surface area contributed by atoms with Crippen LogP contribution in [-0.2, 0) is 5.41 Å². The molecule has 2 heterocycles. The van der Waals surface area contributed by atoms with Crippen LogP contribution in [-0.4, -0.2) is 9.82 Å². The number of thioether (sulfide) groups is 1. The monoisotopic (exact) mass is 809 g/mol. The van der Waals surface area contributed by atoms with Gasteiger partial charge in [-0.05, 0) is 144 Å². The molecular weight excluding hydrogens is 767 g/mol. The molecule has 62 heavy (non-hydrogen) atoms. The summed E-state index contributed by atoms with van der Waals surface area (Å²) in [7, 11) is 0. The highest BCUT2D eigenvalue weighted by molar-refractivity contribution is 8.00. The zero-order chi connectivity index (χ0) is 41.3. The van der Waals surface area contributed by atoms with E-state index in [0.717, 1.165) is 0 Å². The third kappa shape index (κ3) is 5.23. The summed E-state index contributed by atoms with van der Waals surface area (Å²) in [5, 5.41) is 8.07. The summed E-state index contributed by atoms with van der Waals surface area (Å²) < 4.78 is 2.53. The molecule has 0 amide bonds. The quantitative estimate of drug-likeness (QED) is 0.160. The Kier molecular flexibility index (Phi) is 7.70. The van der Waals surface area contributed by atoms with Gasteiger partial charge >= 0.3 is 0 Å². The minimum atomic E-state index is -0.111. The van der Waals surface area contributed by atoms with Crippen LogP contribution in [0.5, 0.6) is 0 Å². The average molecular weight is 810 g/mol. The number of hydrogen-bond acceptors (Lipinski definition) is 1. The van der Waals surface area contributed by atoms with E-state index < -0.39 is 0 Å². The second-order valence-electron chi connectivity index (χ2n) is 18.1. The van der Waals surface area contributed by atoms with Gasteiger partial charge in [0.05, 0.1) is 11.0 Å². The summed E-state index contributed by atoms with van der Waals surface area (Å²) in [6, 6.07) is 68.3. The van der Waals surface area contributed by atoms with E-state index in [4.69, 9.17) is 0 Å². The van der Waals surface area contributed by atoms with Gasteiger partial charge in [-0.3, -0.25) is 0 Å². The van der Waals surface area contributed by atoms with Gasteiger partial charge in [-0.2, -0.15) is 0 Å². The summed E-state index contributed by atoms with van der Waals surface area (Å²) in [5.41, 5.74) is 19.6. The molecule has 0 radical (unpaired) electrons. The molecule has 2 atom stereocenters. The predicted molar refractivity (Wildman–Crippen MR) is 265 cm³/mol. The molecule has 9 aromatic carbocycles. The first-order valence-electron chi connectivity index (χ1n) is 21.9. The molecule has 13 rings (SSSR count). The Morgan fingerprint density at radius 1 is 0.500 bits per heavy atom. The Morgan fingerprint density at radius 3 is 2.06 bits per heavy atom. The topological polar surface area (TPSA) is 4.93 Å². The molecule has 3 aliphatic rings. The van der Waals surface area contributed by atoms with Gasteiger partial charge in [-0.25, -0.2) is 0 Å². The number of allylic oxidation sites excluding steroid dienone is 3. The Labute approximate surface area is 366 Å². The maximum absolute atomic E-state index is 2.53. The summed E-state index contributed by atoms with van der Waals surface area (Å²) in [6.07, 6.45) is 4.93. The first kappa shape index (κ1) is 35.8. The lowest BCUT2D eigenvalue weighted by atomic mass is 9.78.